The Morgan fingerprint density at radius 2 is 1.85 bits per heavy atom. The summed E-state index contributed by atoms with van der Waals surface area (Å²) in [5.41, 5.74) is 1.24. The molecular formula is C22H23BrO4. The molecule has 4 nitrogen and oxygen atoms in total. The lowest BCUT2D eigenvalue weighted by molar-refractivity contribution is -0.295. The van der Waals surface area contributed by atoms with Crippen molar-refractivity contribution in [1.29, 1.82) is 0 Å². The highest BCUT2D eigenvalue weighted by molar-refractivity contribution is 9.10. The molecule has 2 fully saturated rings. The van der Waals surface area contributed by atoms with Crippen molar-refractivity contribution in [3.63, 3.8) is 0 Å². The van der Waals surface area contributed by atoms with Crippen LogP contribution in [-0.4, -0.2) is 24.8 Å². The number of benzene rings is 2. The first-order valence-electron chi connectivity index (χ1n) is 9.35. The summed E-state index contributed by atoms with van der Waals surface area (Å²) >= 11 is 3.39. The van der Waals surface area contributed by atoms with Crippen LogP contribution in [0.25, 0.3) is 0 Å². The van der Waals surface area contributed by atoms with Crippen LogP contribution in [0.1, 0.15) is 48.4 Å². The molecular weight excluding hydrogens is 408 g/mol. The Kier molecular flexibility index (Phi) is 5.35. The molecule has 0 unspecified atom stereocenters. The molecule has 4 rings (SSSR count). The van der Waals surface area contributed by atoms with E-state index in [1.54, 1.807) is 12.1 Å². The van der Waals surface area contributed by atoms with Crippen LogP contribution in [0, 0.1) is 5.41 Å². The molecule has 2 aromatic rings. The van der Waals surface area contributed by atoms with Gasteiger partial charge >= 0.3 is 5.97 Å². The summed E-state index contributed by atoms with van der Waals surface area (Å²) in [5, 5.41) is 0. The Hall–Kier alpha value is -1.69. The third-order valence-corrected chi connectivity index (χ3v) is 6.17. The van der Waals surface area contributed by atoms with Gasteiger partial charge in [-0.25, -0.2) is 4.79 Å². The minimum Gasteiger partial charge on any atom is -0.458 e. The summed E-state index contributed by atoms with van der Waals surface area (Å²) in [6, 6.07) is 17.2. The number of hydrogen-bond acceptors (Lipinski definition) is 4. The maximum Gasteiger partial charge on any atom is 0.338 e. The van der Waals surface area contributed by atoms with Crippen molar-refractivity contribution in [1.82, 2.24) is 0 Å². The summed E-state index contributed by atoms with van der Waals surface area (Å²) in [6.45, 7) is 2.62. The zero-order chi connectivity index (χ0) is 18.9. The highest BCUT2D eigenvalue weighted by Gasteiger charge is 2.51. The lowest BCUT2D eigenvalue weighted by Crippen LogP contribution is -2.55. The molecule has 1 saturated carbocycles. The average Bonchev–Trinajstić information content (AvgIpc) is 2.69. The second-order valence-corrected chi connectivity index (χ2v) is 8.43. The predicted octanol–water partition coefficient (Wildman–Crippen LogP) is 5.28. The molecule has 0 amide bonds. The molecule has 0 radical (unpaired) electrons. The van der Waals surface area contributed by atoms with Gasteiger partial charge in [-0.2, -0.15) is 0 Å². The molecule has 142 valence electrons. The van der Waals surface area contributed by atoms with E-state index in [4.69, 9.17) is 14.2 Å². The molecule has 4 atom stereocenters. The van der Waals surface area contributed by atoms with Crippen LogP contribution < -0.4 is 0 Å². The first-order chi connectivity index (χ1) is 13.1. The fourth-order valence-corrected chi connectivity index (χ4v) is 4.23. The maximum atomic E-state index is 12.6. The number of carbonyl (C=O) groups excluding carboxylic acids is 1. The van der Waals surface area contributed by atoms with E-state index in [9.17, 15) is 4.79 Å². The zero-order valence-corrected chi connectivity index (χ0v) is 16.9. The van der Waals surface area contributed by atoms with Gasteiger partial charge in [-0.05, 0) is 43.5 Å². The minimum absolute atomic E-state index is 0.00734. The first kappa shape index (κ1) is 18.7. The Morgan fingerprint density at radius 1 is 1.11 bits per heavy atom. The van der Waals surface area contributed by atoms with Gasteiger partial charge in [0.05, 0.1) is 23.7 Å². The third kappa shape index (κ3) is 3.82. The van der Waals surface area contributed by atoms with Gasteiger partial charge in [-0.3, -0.25) is 0 Å². The predicted molar refractivity (Wildman–Crippen MR) is 105 cm³/mol. The lowest BCUT2D eigenvalue weighted by Gasteiger charge is -2.50. The van der Waals surface area contributed by atoms with E-state index in [0.29, 0.717) is 12.2 Å². The third-order valence-electron chi connectivity index (χ3n) is 5.64. The fraction of sp³-hybridized carbons (Fsp3) is 0.409. The van der Waals surface area contributed by atoms with Crippen molar-refractivity contribution in [3.05, 3.63) is 70.2 Å². The molecule has 2 aromatic carbocycles. The number of fused-ring (bicyclic) bond motifs is 1. The zero-order valence-electron chi connectivity index (χ0n) is 15.3. The monoisotopic (exact) mass is 430 g/mol. The number of esters is 1. The summed E-state index contributed by atoms with van der Waals surface area (Å²) in [7, 11) is 0. The Balaban J connectivity index is 1.47. The van der Waals surface area contributed by atoms with Crippen LogP contribution in [0.2, 0.25) is 0 Å². The second-order valence-electron chi connectivity index (χ2n) is 7.52. The maximum absolute atomic E-state index is 12.6. The van der Waals surface area contributed by atoms with Crippen molar-refractivity contribution in [2.24, 2.45) is 5.41 Å². The van der Waals surface area contributed by atoms with Crippen LogP contribution in [-0.2, 0) is 14.2 Å². The Morgan fingerprint density at radius 3 is 2.59 bits per heavy atom. The van der Waals surface area contributed by atoms with Crippen molar-refractivity contribution in [2.75, 3.05) is 6.61 Å². The minimum atomic E-state index is -0.356. The van der Waals surface area contributed by atoms with Gasteiger partial charge in [-0.1, -0.05) is 53.2 Å². The molecule has 2 aliphatic rings. The molecule has 0 aromatic heterocycles. The van der Waals surface area contributed by atoms with Crippen molar-refractivity contribution in [2.45, 2.75) is 44.7 Å². The van der Waals surface area contributed by atoms with Gasteiger partial charge in [-0.15, -0.1) is 0 Å². The van der Waals surface area contributed by atoms with Crippen molar-refractivity contribution < 1.29 is 19.0 Å². The topological polar surface area (TPSA) is 44.8 Å². The van der Waals surface area contributed by atoms with Crippen molar-refractivity contribution >= 4 is 21.9 Å². The summed E-state index contributed by atoms with van der Waals surface area (Å²) < 4.78 is 19.2. The average molecular weight is 431 g/mol. The summed E-state index contributed by atoms with van der Waals surface area (Å²) in [6.07, 6.45) is 2.19. The van der Waals surface area contributed by atoms with Crippen LogP contribution in [0.4, 0.5) is 0 Å². The van der Waals surface area contributed by atoms with Gasteiger partial charge < -0.3 is 14.2 Å². The van der Waals surface area contributed by atoms with Gasteiger partial charge in [0.2, 0.25) is 0 Å². The number of rotatable bonds is 3. The number of ether oxygens (including phenoxy) is 3. The fourth-order valence-electron chi connectivity index (χ4n) is 3.97. The largest absolute Gasteiger partial charge is 0.458 e. The van der Waals surface area contributed by atoms with E-state index >= 15 is 0 Å². The van der Waals surface area contributed by atoms with E-state index in [-0.39, 0.29) is 29.9 Å². The SMILES string of the molecule is C[C@]12CO[C@@H](c3ccccc3)O[C@H]1CCC[C@@H]2OC(=O)c1ccc(Br)cc1. The van der Waals surface area contributed by atoms with Crippen LogP contribution in [0.5, 0.6) is 0 Å². The quantitative estimate of drug-likeness (QED) is 0.621. The smallest absolute Gasteiger partial charge is 0.338 e. The van der Waals surface area contributed by atoms with E-state index in [1.807, 2.05) is 42.5 Å². The van der Waals surface area contributed by atoms with Crippen molar-refractivity contribution in [3.8, 4) is 0 Å². The number of halogens is 1. The lowest BCUT2D eigenvalue weighted by atomic mass is 9.71. The molecule has 1 saturated heterocycles. The Bertz CT molecular complexity index is 792. The number of hydrogen-bond donors (Lipinski definition) is 0. The van der Waals surface area contributed by atoms with Crippen LogP contribution in [0.15, 0.2) is 59.1 Å². The van der Waals surface area contributed by atoms with E-state index in [0.717, 1.165) is 29.3 Å². The molecule has 0 bridgehead atoms. The molecule has 27 heavy (non-hydrogen) atoms. The molecule has 1 heterocycles. The van der Waals surface area contributed by atoms with Gasteiger partial charge in [0, 0.05) is 10.0 Å². The van der Waals surface area contributed by atoms with Crippen LogP contribution >= 0.6 is 15.9 Å². The molecule has 1 aliphatic carbocycles. The Labute approximate surface area is 167 Å². The summed E-state index contributed by atoms with van der Waals surface area (Å²) in [4.78, 5) is 12.6. The number of carbonyl (C=O) groups is 1. The van der Waals surface area contributed by atoms with Crippen LogP contribution in [0.3, 0.4) is 0 Å². The highest BCUT2D eigenvalue weighted by Crippen LogP contribution is 2.46. The van der Waals surface area contributed by atoms with Gasteiger partial charge in [0.25, 0.3) is 0 Å². The normalized spacial score (nSPS) is 30.4. The van der Waals surface area contributed by atoms with Gasteiger partial charge in [0.15, 0.2) is 6.29 Å². The van der Waals surface area contributed by atoms with E-state index in [1.165, 1.54) is 0 Å². The molecule has 0 spiro atoms. The van der Waals surface area contributed by atoms with E-state index < -0.39 is 0 Å². The highest BCUT2D eigenvalue weighted by atomic mass is 79.9. The van der Waals surface area contributed by atoms with Gasteiger partial charge in [0.1, 0.15) is 6.10 Å². The molecule has 0 N–H and O–H groups in total. The molecule has 1 aliphatic heterocycles. The molecule has 5 heteroatoms. The second kappa shape index (κ2) is 7.74. The standard InChI is InChI=1S/C22H23BrO4/c1-22-14-25-21(16-6-3-2-4-7-16)27-19(22)9-5-8-18(22)26-20(24)15-10-12-17(23)13-11-15/h2-4,6-7,10-13,18-19,21H,5,8-9,14H2,1H3/t18-,19-,21+,22+/m0/s1. The van der Waals surface area contributed by atoms with E-state index in [2.05, 4.69) is 22.9 Å². The first-order valence-corrected chi connectivity index (χ1v) is 10.1. The summed E-state index contributed by atoms with van der Waals surface area (Å²) in [5.74, 6) is -0.292.